The molecule has 0 bridgehead atoms. The Labute approximate surface area is 229 Å². The van der Waals surface area contributed by atoms with Crippen molar-refractivity contribution in [2.24, 2.45) is 0 Å². The number of phenolic OH excluding ortho intramolecular Hbond substituents is 1. The molecule has 0 radical (unpaired) electrons. The molecule has 4 rings (SSSR count). The summed E-state index contributed by atoms with van der Waals surface area (Å²) in [7, 11) is 0. The summed E-state index contributed by atoms with van der Waals surface area (Å²) in [5, 5.41) is 21.0. The Balaban J connectivity index is 1.71. The Hall–Kier alpha value is -4.10. The molecule has 7 heteroatoms. The summed E-state index contributed by atoms with van der Waals surface area (Å²) in [6.45, 7) is 9.93. The molecule has 0 saturated heterocycles. The Morgan fingerprint density at radius 3 is 1.79 bits per heavy atom. The third-order valence-electron chi connectivity index (χ3n) is 6.65. The van der Waals surface area contributed by atoms with Gasteiger partial charge in [0, 0.05) is 23.6 Å². The van der Waals surface area contributed by atoms with Crippen molar-refractivity contribution in [1.29, 1.82) is 0 Å². The van der Waals surface area contributed by atoms with Crippen molar-refractivity contribution in [3.8, 4) is 45.7 Å². The molecular weight excluding hydrogens is 490 g/mol. The average Bonchev–Trinajstić information content (AvgIpc) is 2.90. The summed E-state index contributed by atoms with van der Waals surface area (Å²) in [5.41, 5.74) is 6.56. The predicted octanol–water partition coefficient (Wildman–Crippen LogP) is 6.31. The molecule has 0 aliphatic rings. The molecule has 0 spiro atoms. The van der Waals surface area contributed by atoms with E-state index in [0.717, 1.165) is 46.2 Å². The second kappa shape index (κ2) is 12.2. The van der Waals surface area contributed by atoms with Crippen LogP contribution in [0.4, 0.5) is 0 Å². The number of rotatable bonds is 10. The normalized spacial score (nSPS) is 11.8. The van der Waals surface area contributed by atoms with E-state index in [0.29, 0.717) is 35.2 Å². The number of benzene rings is 3. The largest absolute Gasteiger partial charge is 0.507 e. The first-order chi connectivity index (χ1) is 18.7. The van der Waals surface area contributed by atoms with Gasteiger partial charge in [-0.1, -0.05) is 60.9 Å². The van der Waals surface area contributed by atoms with E-state index in [1.807, 2.05) is 58.9 Å². The highest BCUT2D eigenvalue weighted by Gasteiger charge is 2.19. The number of aromatic hydroxyl groups is 1. The van der Waals surface area contributed by atoms with Gasteiger partial charge in [0.25, 0.3) is 0 Å². The van der Waals surface area contributed by atoms with Gasteiger partial charge < -0.3 is 14.9 Å². The number of nitrogens with zero attached hydrogens (tertiary/aromatic N) is 3. The fourth-order valence-electron chi connectivity index (χ4n) is 4.44. The first-order valence-corrected chi connectivity index (χ1v) is 13.2. The minimum atomic E-state index is -1.21. The van der Waals surface area contributed by atoms with E-state index >= 15 is 0 Å². The van der Waals surface area contributed by atoms with Crippen molar-refractivity contribution in [2.45, 2.75) is 60.0 Å². The van der Waals surface area contributed by atoms with Gasteiger partial charge in [-0.2, -0.15) is 0 Å². The molecule has 1 atom stereocenters. The molecule has 0 amide bonds. The van der Waals surface area contributed by atoms with Crippen LogP contribution < -0.4 is 4.74 Å². The van der Waals surface area contributed by atoms with Gasteiger partial charge in [0.05, 0.1) is 5.56 Å². The Morgan fingerprint density at radius 1 is 0.795 bits per heavy atom. The quantitative estimate of drug-likeness (QED) is 0.250. The molecule has 0 aliphatic heterocycles. The predicted molar refractivity (Wildman–Crippen MR) is 153 cm³/mol. The van der Waals surface area contributed by atoms with Crippen molar-refractivity contribution in [1.82, 2.24) is 15.0 Å². The highest BCUT2D eigenvalue weighted by Crippen LogP contribution is 2.34. The monoisotopic (exact) mass is 525 g/mol. The smallest absolute Gasteiger partial charge is 0.167 e. The lowest BCUT2D eigenvalue weighted by atomic mass is 10.0. The van der Waals surface area contributed by atoms with Crippen LogP contribution in [0.3, 0.4) is 0 Å². The Morgan fingerprint density at radius 2 is 1.31 bits per heavy atom. The van der Waals surface area contributed by atoms with Crippen LogP contribution in [0.25, 0.3) is 34.2 Å². The molecule has 3 aromatic carbocycles. The third-order valence-corrected chi connectivity index (χ3v) is 6.65. The molecule has 0 aliphatic carbocycles. The zero-order valence-corrected chi connectivity index (χ0v) is 23.2. The number of aliphatic hydroxyl groups is 1. The SMILES string of the molecule is CCCCC(=O)C(O)COc1ccc(-c2nc(-c3ccc(C)cc3C)nc(-c3ccc(C)cc3C)n2)c(O)c1. The van der Waals surface area contributed by atoms with Crippen LogP contribution >= 0.6 is 0 Å². The molecule has 0 fully saturated rings. The molecule has 1 unspecified atom stereocenters. The number of aryl methyl sites for hydroxylation is 4. The van der Waals surface area contributed by atoms with Crippen molar-refractivity contribution < 1.29 is 19.7 Å². The summed E-state index contributed by atoms with van der Waals surface area (Å²) in [4.78, 5) is 26.3. The molecule has 2 N–H and O–H groups in total. The summed E-state index contributed by atoms with van der Waals surface area (Å²) < 4.78 is 5.60. The number of hydrogen-bond acceptors (Lipinski definition) is 7. The summed E-state index contributed by atoms with van der Waals surface area (Å²) in [5.74, 6) is 1.36. The van der Waals surface area contributed by atoms with Gasteiger partial charge in [-0.25, -0.2) is 15.0 Å². The van der Waals surface area contributed by atoms with Crippen molar-refractivity contribution in [2.75, 3.05) is 6.61 Å². The van der Waals surface area contributed by atoms with Crippen LogP contribution in [0.15, 0.2) is 54.6 Å². The number of Topliss-reactive ketones (excluding diaryl/α,β-unsaturated/α-hetero) is 1. The van der Waals surface area contributed by atoms with Crippen LogP contribution in [0.5, 0.6) is 11.5 Å². The van der Waals surface area contributed by atoms with Crippen molar-refractivity contribution >= 4 is 5.78 Å². The maximum atomic E-state index is 12.0. The maximum absolute atomic E-state index is 12.0. The molecule has 7 nitrogen and oxygen atoms in total. The molecule has 1 heterocycles. The first kappa shape index (κ1) is 27.9. The number of phenols is 1. The minimum absolute atomic E-state index is 0.0799. The fraction of sp³-hybridized carbons (Fsp3) is 0.312. The summed E-state index contributed by atoms with van der Waals surface area (Å²) in [6.07, 6.45) is 0.714. The number of hydrogen-bond donors (Lipinski definition) is 2. The fourth-order valence-corrected chi connectivity index (χ4v) is 4.44. The van der Waals surface area contributed by atoms with E-state index in [1.165, 1.54) is 6.07 Å². The number of ether oxygens (including phenoxy) is 1. The third kappa shape index (κ3) is 6.67. The molecular formula is C32H35N3O4. The van der Waals surface area contributed by atoms with Gasteiger partial charge in [-0.15, -0.1) is 0 Å². The van der Waals surface area contributed by atoms with Crippen LogP contribution in [0, 0.1) is 27.7 Å². The first-order valence-electron chi connectivity index (χ1n) is 13.2. The second-order valence-electron chi connectivity index (χ2n) is 10.0. The van der Waals surface area contributed by atoms with Gasteiger partial charge in [-0.05, 0) is 57.4 Å². The van der Waals surface area contributed by atoms with Gasteiger partial charge in [0.2, 0.25) is 0 Å². The topological polar surface area (TPSA) is 105 Å². The lowest BCUT2D eigenvalue weighted by Crippen LogP contribution is -2.27. The standard InChI is InChI=1S/C32H35N3O4/c1-6-7-8-27(36)29(38)18-39-23-11-14-26(28(37)17-23)32-34-30(24-12-9-19(2)15-21(24)4)33-31(35-32)25-13-10-20(3)16-22(25)5/h9-17,29,37-38H,6-8,18H2,1-5H3. The number of aromatic nitrogens is 3. The van der Waals surface area contributed by atoms with E-state index < -0.39 is 6.10 Å². The molecule has 4 aromatic rings. The maximum Gasteiger partial charge on any atom is 0.167 e. The minimum Gasteiger partial charge on any atom is -0.507 e. The lowest BCUT2D eigenvalue weighted by molar-refractivity contribution is -0.128. The van der Waals surface area contributed by atoms with E-state index in [2.05, 4.69) is 12.1 Å². The summed E-state index contributed by atoms with van der Waals surface area (Å²) >= 11 is 0. The van der Waals surface area contributed by atoms with Crippen LogP contribution in [-0.4, -0.2) is 43.7 Å². The number of aliphatic hydroxyl groups excluding tert-OH is 1. The van der Waals surface area contributed by atoms with E-state index in [9.17, 15) is 15.0 Å². The van der Waals surface area contributed by atoms with Crippen LogP contribution in [-0.2, 0) is 4.79 Å². The number of unbranched alkanes of at least 4 members (excludes halogenated alkanes) is 1. The molecule has 1 aromatic heterocycles. The zero-order chi connectivity index (χ0) is 28.1. The van der Waals surface area contributed by atoms with E-state index in [-0.39, 0.29) is 18.1 Å². The average molecular weight is 526 g/mol. The van der Waals surface area contributed by atoms with Crippen LogP contribution in [0.2, 0.25) is 0 Å². The zero-order valence-electron chi connectivity index (χ0n) is 23.2. The molecule has 0 saturated carbocycles. The van der Waals surface area contributed by atoms with Gasteiger partial charge in [-0.3, -0.25) is 4.79 Å². The van der Waals surface area contributed by atoms with E-state index in [1.54, 1.807) is 12.1 Å². The van der Waals surface area contributed by atoms with Gasteiger partial charge in [0.1, 0.15) is 24.2 Å². The van der Waals surface area contributed by atoms with Crippen molar-refractivity contribution in [3.05, 3.63) is 76.9 Å². The number of ketones is 1. The van der Waals surface area contributed by atoms with Crippen LogP contribution in [0.1, 0.15) is 48.4 Å². The molecule has 202 valence electrons. The number of carbonyl (C=O) groups excluding carboxylic acids is 1. The van der Waals surface area contributed by atoms with Gasteiger partial charge in [0.15, 0.2) is 23.3 Å². The second-order valence-corrected chi connectivity index (χ2v) is 10.0. The Kier molecular flexibility index (Phi) is 8.72. The summed E-state index contributed by atoms with van der Waals surface area (Å²) in [6, 6.07) is 17.0. The molecule has 39 heavy (non-hydrogen) atoms. The highest BCUT2D eigenvalue weighted by molar-refractivity contribution is 5.83. The Bertz CT molecular complexity index is 1430. The number of carbonyl (C=O) groups is 1. The van der Waals surface area contributed by atoms with E-state index in [4.69, 9.17) is 19.7 Å². The van der Waals surface area contributed by atoms with Gasteiger partial charge >= 0.3 is 0 Å². The van der Waals surface area contributed by atoms with Crippen molar-refractivity contribution in [3.63, 3.8) is 0 Å². The highest BCUT2D eigenvalue weighted by atomic mass is 16.5. The lowest BCUT2D eigenvalue weighted by Gasteiger charge is -2.14.